The van der Waals surface area contributed by atoms with E-state index >= 15 is 0 Å². The third-order valence-electron chi connectivity index (χ3n) is 5.29. The molecule has 4 N–H and O–H groups in total. The predicted molar refractivity (Wildman–Crippen MR) is 130 cm³/mol. The molecule has 0 heterocycles. The van der Waals surface area contributed by atoms with Gasteiger partial charge in [0.25, 0.3) is 0 Å². The Morgan fingerprint density at radius 1 is 0.829 bits per heavy atom. The van der Waals surface area contributed by atoms with E-state index in [-0.39, 0.29) is 12.8 Å². The van der Waals surface area contributed by atoms with Gasteiger partial charge >= 0.3 is 0 Å². The lowest BCUT2D eigenvalue weighted by Gasteiger charge is -2.22. The number of rotatable bonds is 11. The number of primary amides is 1. The normalized spacial score (nSPS) is 12.3. The molecule has 0 saturated carbocycles. The van der Waals surface area contributed by atoms with Crippen LogP contribution in [0.2, 0.25) is 0 Å². The molecule has 35 heavy (non-hydrogen) atoms. The molecule has 0 aliphatic rings. The van der Waals surface area contributed by atoms with E-state index in [1.165, 1.54) is 31.2 Å². The molecule has 3 rings (SSSR count). The van der Waals surface area contributed by atoms with E-state index in [9.17, 15) is 18.8 Å². The molecule has 0 aromatic heterocycles. The van der Waals surface area contributed by atoms with Crippen LogP contribution in [-0.4, -0.2) is 29.8 Å². The minimum atomic E-state index is -1.00. The summed E-state index contributed by atoms with van der Waals surface area (Å²) >= 11 is 0. The van der Waals surface area contributed by atoms with Gasteiger partial charge in [-0.25, -0.2) is 4.39 Å². The van der Waals surface area contributed by atoms with Crippen molar-refractivity contribution in [1.82, 2.24) is 10.6 Å². The number of carbonyl (C=O) groups is 3. The van der Waals surface area contributed by atoms with Crippen LogP contribution < -0.4 is 21.1 Å². The molecule has 3 amide bonds. The summed E-state index contributed by atoms with van der Waals surface area (Å²) in [5, 5.41) is 5.21. The summed E-state index contributed by atoms with van der Waals surface area (Å²) in [5.41, 5.74) is 7.98. The number of carbonyl (C=O) groups excluding carboxylic acids is 3. The predicted octanol–water partition coefficient (Wildman–Crippen LogP) is 2.66. The second kappa shape index (κ2) is 12.3. The number of amides is 3. The largest absolute Gasteiger partial charge is 0.489 e. The van der Waals surface area contributed by atoms with Crippen LogP contribution >= 0.6 is 0 Å². The zero-order chi connectivity index (χ0) is 25.2. The van der Waals surface area contributed by atoms with Gasteiger partial charge in [0.2, 0.25) is 17.7 Å². The van der Waals surface area contributed by atoms with Gasteiger partial charge in [0.15, 0.2) is 0 Å². The van der Waals surface area contributed by atoms with E-state index in [1.54, 1.807) is 24.3 Å². The van der Waals surface area contributed by atoms with Gasteiger partial charge in [-0.2, -0.15) is 0 Å². The quantitative estimate of drug-likeness (QED) is 0.394. The van der Waals surface area contributed by atoms with E-state index in [0.29, 0.717) is 17.9 Å². The Hall–Kier alpha value is -4.20. The standard InChI is InChI=1S/C27H28FN3O4/c1-18(32)30-25(15-19-10-12-22(28)13-11-19)27(34)31-24(26(29)33)16-21-8-5-9-23(14-21)35-17-20-6-3-2-4-7-20/h2-14,24-25H,15-17H2,1H3,(H2,29,33)(H,30,32)(H,31,34)/t24-,25-/m0/s1. The van der Waals surface area contributed by atoms with Crippen LogP contribution in [0.1, 0.15) is 23.6 Å². The summed E-state index contributed by atoms with van der Waals surface area (Å²) < 4.78 is 19.0. The van der Waals surface area contributed by atoms with E-state index in [4.69, 9.17) is 10.5 Å². The molecule has 2 atom stereocenters. The second-order valence-corrected chi connectivity index (χ2v) is 8.17. The highest BCUT2D eigenvalue weighted by atomic mass is 19.1. The van der Waals surface area contributed by atoms with Crippen LogP contribution in [0.5, 0.6) is 5.75 Å². The molecule has 0 fully saturated rings. The minimum absolute atomic E-state index is 0.125. The zero-order valence-corrected chi connectivity index (χ0v) is 19.4. The average molecular weight is 478 g/mol. The first kappa shape index (κ1) is 25.4. The van der Waals surface area contributed by atoms with E-state index in [1.807, 2.05) is 30.3 Å². The Kier molecular flexibility index (Phi) is 8.95. The van der Waals surface area contributed by atoms with E-state index < -0.39 is 35.6 Å². The van der Waals surface area contributed by atoms with Crippen LogP contribution in [0, 0.1) is 5.82 Å². The van der Waals surface area contributed by atoms with Crippen LogP contribution in [0.15, 0.2) is 78.9 Å². The summed E-state index contributed by atoms with van der Waals surface area (Å²) in [5.74, 6) is -1.47. The fraction of sp³-hybridized carbons (Fsp3) is 0.222. The maximum Gasteiger partial charge on any atom is 0.243 e. The van der Waals surface area contributed by atoms with E-state index in [0.717, 1.165) is 11.1 Å². The first-order chi connectivity index (χ1) is 16.8. The van der Waals surface area contributed by atoms with Gasteiger partial charge in [0.05, 0.1) is 0 Å². The zero-order valence-electron chi connectivity index (χ0n) is 19.4. The van der Waals surface area contributed by atoms with Crippen molar-refractivity contribution < 1.29 is 23.5 Å². The van der Waals surface area contributed by atoms with Crippen molar-refractivity contribution in [2.24, 2.45) is 5.73 Å². The Labute approximate surface area is 203 Å². The van der Waals surface area contributed by atoms with Gasteiger partial charge in [-0.05, 0) is 41.0 Å². The number of halogens is 1. The molecule has 0 aliphatic heterocycles. The van der Waals surface area contributed by atoms with Gasteiger partial charge in [-0.15, -0.1) is 0 Å². The van der Waals surface area contributed by atoms with Crippen molar-refractivity contribution in [2.75, 3.05) is 0 Å². The molecule has 3 aromatic rings. The molecule has 7 nitrogen and oxygen atoms in total. The number of nitrogens with two attached hydrogens (primary N) is 1. The number of benzene rings is 3. The summed E-state index contributed by atoms with van der Waals surface area (Å²) in [6.45, 7) is 1.68. The third kappa shape index (κ3) is 8.26. The van der Waals surface area contributed by atoms with Crippen molar-refractivity contribution in [3.63, 3.8) is 0 Å². The smallest absolute Gasteiger partial charge is 0.243 e. The highest BCUT2D eigenvalue weighted by Gasteiger charge is 2.25. The molecule has 0 saturated heterocycles. The fourth-order valence-electron chi connectivity index (χ4n) is 3.54. The molecule has 182 valence electrons. The average Bonchev–Trinajstić information content (AvgIpc) is 2.84. The fourth-order valence-corrected chi connectivity index (χ4v) is 3.54. The summed E-state index contributed by atoms with van der Waals surface area (Å²) in [7, 11) is 0. The summed E-state index contributed by atoms with van der Waals surface area (Å²) in [6, 6.07) is 20.6. The third-order valence-corrected chi connectivity index (χ3v) is 5.29. The van der Waals surface area contributed by atoms with Crippen LogP contribution in [0.3, 0.4) is 0 Å². The molecule has 0 bridgehead atoms. The molecular formula is C27H28FN3O4. The number of ether oxygens (including phenoxy) is 1. The van der Waals surface area contributed by atoms with Gasteiger partial charge in [0, 0.05) is 19.8 Å². The van der Waals surface area contributed by atoms with Crippen LogP contribution in [0.4, 0.5) is 4.39 Å². The molecular weight excluding hydrogens is 449 g/mol. The molecule has 8 heteroatoms. The first-order valence-electron chi connectivity index (χ1n) is 11.2. The Balaban J connectivity index is 1.66. The maximum absolute atomic E-state index is 13.2. The lowest BCUT2D eigenvalue weighted by atomic mass is 10.0. The van der Waals surface area contributed by atoms with Crippen LogP contribution in [-0.2, 0) is 33.8 Å². The minimum Gasteiger partial charge on any atom is -0.489 e. The van der Waals surface area contributed by atoms with Crippen LogP contribution in [0.25, 0.3) is 0 Å². The molecule has 0 unspecified atom stereocenters. The monoisotopic (exact) mass is 477 g/mol. The second-order valence-electron chi connectivity index (χ2n) is 8.17. The number of nitrogens with one attached hydrogen (secondary N) is 2. The first-order valence-corrected chi connectivity index (χ1v) is 11.2. The molecule has 0 spiro atoms. The van der Waals surface area contributed by atoms with Crippen molar-refractivity contribution in [2.45, 2.75) is 38.5 Å². The van der Waals surface area contributed by atoms with Crippen molar-refractivity contribution in [3.8, 4) is 5.75 Å². The van der Waals surface area contributed by atoms with Gasteiger partial charge < -0.3 is 21.1 Å². The molecule has 0 radical (unpaired) electrons. The maximum atomic E-state index is 13.2. The topological polar surface area (TPSA) is 111 Å². The van der Waals surface area contributed by atoms with Gasteiger partial charge in [-0.1, -0.05) is 54.6 Å². The SMILES string of the molecule is CC(=O)N[C@@H](Cc1ccc(F)cc1)C(=O)N[C@@H](Cc1cccc(OCc2ccccc2)c1)C(N)=O. The molecule has 3 aromatic carbocycles. The number of hydrogen-bond donors (Lipinski definition) is 3. The highest BCUT2D eigenvalue weighted by Crippen LogP contribution is 2.17. The van der Waals surface area contributed by atoms with Crippen molar-refractivity contribution in [1.29, 1.82) is 0 Å². The lowest BCUT2D eigenvalue weighted by Crippen LogP contribution is -2.54. The number of hydrogen-bond acceptors (Lipinski definition) is 4. The summed E-state index contributed by atoms with van der Waals surface area (Å²) in [6.07, 6.45) is 0.271. The lowest BCUT2D eigenvalue weighted by molar-refractivity contribution is -0.130. The Morgan fingerprint density at radius 2 is 1.49 bits per heavy atom. The highest BCUT2D eigenvalue weighted by molar-refractivity contribution is 5.91. The van der Waals surface area contributed by atoms with Gasteiger partial charge in [0.1, 0.15) is 30.3 Å². The molecule has 0 aliphatic carbocycles. The summed E-state index contributed by atoms with van der Waals surface area (Å²) in [4.78, 5) is 36.7. The van der Waals surface area contributed by atoms with Gasteiger partial charge in [-0.3, -0.25) is 14.4 Å². The van der Waals surface area contributed by atoms with Crippen molar-refractivity contribution >= 4 is 17.7 Å². The van der Waals surface area contributed by atoms with E-state index in [2.05, 4.69) is 10.6 Å². The Bertz CT molecular complexity index is 1150. The van der Waals surface area contributed by atoms with Crippen molar-refractivity contribution in [3.05, 3.63) is 101 Å². The Morgan fingerprint density at radius 3 is 2.14 bits per heavy atom.